The highest BCUT2D eigenvalue weighted by Crippen LogP contribution is 2.36. The fraction of sp³-hybridized carbons (Fsp3) is 0.103. The number of ether oxygens (including phenoxy) is 3. The maximum atomic E-state index is 12.6. The molecule has 0 saturated heterocycles. The molecule has 0 aromatic heterocycles. The van der Waals surface area contributed by atoms with Crippen molar-refractivity contribution < 1.29 is 23.8 Å². The summed E-state index contributed by atoms with van der Waals surface area (Å²) in [5.41, 5.74) is 3.47. The summed E-state index contributed by atoms with van der Waals surface area (Å²) in [7, 11) is 2.96. The van der Waals surface area contributed by atoms with Gasteiger partial charge in [0.2, 0.25) is 0 Å². The van der Waals surface area contributed by atoms with E-state index in [0.717, 1.165) is 11.1 Å². The largest absolute Gasteiger partial charge is 0.494 e. The predicted octanol–water partition coefficient (Wildman–Crippen LogP) is 5.64. The SMILES string of the molecule is COc1cc(NC(=O)c2ccccc2)c(OC)cc1NC(=O)COc1ccc(-c2ccccc2)cc1. The number of methoxy groups -OCH3 is 2. The van der Waals surface area contributed by atoms with Crippen LogP contribution in [0.3, 0.4) is 0 Å². The zero-order valence-electron chi connectivity index (χ0n) is 20.0. The quantitative estimate of drug-likeness (QED) is 0.322. The van der Waals surface area contributed by atoms with Crippen LogP contribution < -0.4 is 24.8 Å². The molecule has 4 aromatic carbocycles. The molecule has 0 spiro atoms. The van der Waals surface area contributed by atoms with E-state index in [1.807, 2.05) is 60.7 Å². The molecule has 36 heavy (non-hydrogen) atoms. The molecule has 0 heterocycles. The van der Waals surface area contributed by atoms with Gasteiger partial charge in [-0.15, -0.1) is 0 Å². The van der Waals surface area contributed by atoms with Crippen molar-refractivity contribution in [3.63, 3.8) is 0 Å². The van der Waals surface area contributed by atoms with Gasteiger partial charge in [-0.05, 0) is 35.4 Å². The second-order valence-corrected chi connectivity index (χ2v) is 7.80. The van der Waals surface area contributed by atoms with Crippen LogP contribution in [0.4, 0.5) is 11.4 Å². The van der Waals surface area contributed by atoms with Crippen molar-refractivity contribution in [3.05, 3.63) is 103 Å². The first-order valence-electron chi connectivity index (χ1n) is 11.3. The van der Waals surface area contributed by atoms with Crippen molar-refractivity contribution in [3.8, 4) is 28.4 Å². The molecule has 0 fully saturated rings. The smallest absolute Gasteiger partial charge is 0.262 e. The monoisotopic (exact) mass is 482 g/mol. The van der Waals surface area contributed by atoms with E-state index in [0.29, 0.717) is 34.2 Å². The molecule has 7 nitrogen and oxygen atoms in total. The molecule has 182 valence electrons. The molecule has 0 saturated carbocycles. The van der Waals surface area contributed by atoms with E-state index in [4.69, 9.17) is 14.2 Å². The first kappa shape index (κ1) is 24.3. The Morgan fingerprint density at radius 2 is 1.19 bits per heavy atom. The number of carbonyl (C=O) groups excluding carboxylic acids is 2. The number of anilines is 2. The Bertz CT molecular complexity index is 1320. The number of rotatable bonds is 9. The zero-order valence-corrected chi connectivity index (χ0v) is 20.0. The average Bonchev–Trinajstić information content (AvgIpc) is 2.93. The maximum Gasteiger partial charge on any atom is 0.262 e. The van der Waals surface area contributed by atoms with Gasteiger partial charge >= 0.3 is 0 Å². The Morgan fingerprint density at radius 1 is 0.667 bits per heavy atom. The van der Waals surface area contributed by atoms with E-state index in [1.54, 1.807) is 36.4 Å². The molecule has 0 unspecified atom stereocenters. The molecular formula is C29H26N2O5. The van der Waals surface area contributed by atoms with Crippen LogP contribution in [0.5, 0.6) is 17.2 Å². The van der Waals surface area contributed by atoms with Crippen molar-refractivity contribution in [1.29, 1.82) is 0 Å². The molecule has 0 atom stereocenters. The average molecular weight is 483 g/mol. The van der Waals surface area contributed by atoms with Crippen molar-refractivity contribution in [2.75, 3.05) is 31.5 Å². The molecule has 0 radical (unpaired) electrons. The minimum atomic E-state index is -0.372. The molecule has 2 N–H and O–H groups in total. The van der Waals surface area contributed by atoms with E-state index >= 15 is 0 Å². The Kier molecular flexibility index (Phi) is 7.83. The summed E-state index contributed by atoms with van der Waals surface area (Å²) in [6.07, 6.45) is 0. The normalized spacial score (nSPS) is 10.3. The summed E-state index contributed by atoms with van der Waals surface area (Å²) in [5, 5.41) is 5.59. The third-order valence-corrected chi connectivity index (χ3v) is 5.41. The minimum absolute atomic E-state index is 0.192. The van der Waals surface area contributed by atoms with Crippen LogP contribution in [0.15, 0.2) is 97.1 Å². The Labute approximate surface area is 209 Å². The summed E-state index contributed by atoms with van der Waals surface area (Å²) >= 11 is 0. The zero-order chi connectivity index (χ0) is 25.3. The van der Waals surface area contributed by atoms with Crippen LogP contribution in [0.1, 0.15) is 10.4 Å². The molecule has 0 bridgehead atoms. The lowest BCUT2D eigenvalue weighted by Gasteiger charge is -2.16. The first-order chi connectivity index (χ1) is 17.6. The minimum Gasteiger partial charge on any atom is -0.494 e. The van der Waals surface area contributed by atoms with Gasteiger partial charge in [-0.2, -0.15) is 0 Å². The maximum absolute atomic E-state index is 12.6. The molecule has 2 amide bonds. The van der Waals surface area contributed by atoms with Crippen molar-refractivity contribution >= 4 is 23.2 Å². The van der Waals surface area contributed by atoms with Crippen LogP contribution in [0.2, 0.25) is 0 Å². The highest BCUT2D eigenvalue weighted by atomic mass is 16.5. The van der Waals surface area contributed by atoms with Gasteiger partial charge in [0.25, 0.3) is 11.8 Å². The highest BCUT2D eigenvalue weighted by Gasteiger charge is 2.16. The van der Waals surface area contributed by atoms with Crippen LogP contribution in [0, 0.1) is 0 Å². The Balaban J connectivity index is 1.41. The topological polar surface area (TPSA) is 85.9 Å². The van der Waals surface area contributed by atoms with Crippen LogP contribution >= 0.6 is 0 Å². The van der Waals surface area contributed by atoms with E-state index in [9.17, 15) is 9.59 Å². The van der Waals surface area contributed by atoms with Gasteiger partial charge in [0.05, 0.1) is 25.6 Å². The number of benzene rings is 4. The predicted molar refractivity (Wildman–Crippen MR) is 140 cm³/mol. The third kappa shape index (κ3) is 6.01. The molecule has 0 aliphatic carbocycles. The first-order valence-corrected chi connectivity index (χ1v) is 11.3. The molecule has 0 aliphatic rings. The van der Waals surface area contributed by atoms with Gasteiger partial charge < -0.3 is 24.8 Å². The van der Waals surface area contributed by atoms with Crippen LogP contribution in [0.25, 0.3) is 11.1 Å². The Morgan fingerprint density at radius 3 is 1.78 bits per heavy atom. The fourth-order valence-electron chi connectivity index (χ4n) is 3.59. The molecular weight excluding hydrogens is 456 g/mol. The summed E-state index contributed by atoms with van der Waals surface area (Å²) in [5.74, 6) is 0.642. The van der Waals surface area contributed by atoms with Crippen LogP contribution in [-0.2, 0) is 4.79 Å². The van der Waals surface area contributed by atoms with Gasteiger partial charge in [0.1, 0.15) is 17.2 Å². The number of nitrogens with one attached hydrogen (secondary N) is 2. The molecule has 4 aromatic rings. The summed E-state index contributed by atoms with van der Waals surface area (Å²) in [4.78, 5) is 25.2. The van der Waals surface area contributed by atoms with Gasteiger partial charge in [0, 0.05) is 17.7 Å². The van der Waals surface area contributed by atoms with E-state index in [1.165, 1.54) is 14.2 Å². The van der Waals surface area contributed by atoms with Crippen LogP contribution in [-0.4, -0.2) is 32.6 Å². The summed E-state index contributed by atoms with van der Waals surface area (Å²) < 4.78 is 16.5. The van der Waals surface area contributed by atoms with E-state index in [2.05, 4.69) is 10.6 Å². The highest BCUT2D eigenvalue weighted by molar-refractivity contribution is 6.05. The van der Waals surface area contributed by atoms with Crippen molar-refractivity contribution in [1.82, 2.24) is 0 Å². The lowest BCUT2D eigenvalue weighted by atomic mass is 10.1. The molecule has 4 rings (SSSR count). The second-order valence-electron chi connectivity index (χ2n) is 7.80. The summed E-state index contributed by atoms with van der Waals surface area (Å²) in [6.45, 7) is -0.192. The number of hydrogen-bond acceptors (Lipinski definition) is 5. The van der Waals surface area contributed by atoms with E-state index in [-0.39, 0.29) is 18.4 Å². The molecule has 7 heteroatoms. The lowest BCUT2D eigenvalue weighted by Crippen LogP contribution is -2.21. The number of carbonyl (C=O) groups is 2. The molecule has 0 aliphatic heterocycles. The van der Waals surface area contributed by atoms with Crippen molar-refractivity contribution in [2.45, 2.75) is 0 Å². The van der Waals surface area contributed by atoms with E-state index < -0.39 is 0 Å². The second kappa shape index (κ2) is 11.6. The van der Waals surface area contributed by atoms with Gasteiger partial charge in [-0.3, -0.25) is 9.59 Å². The van der Waals surface area contributed by atoms with Gasteiger partial charge in [-0.25, -0.2) is 0 Å². The fourth-order valence-corrected chi connectivity index (χ4v) is 3.59. The number of amides is 2. The Hall–Kier alpha value is -4.78. The standard InChI is InChI=1S/C29H26N2O5/c1-34-26-18-25(31-29(33)22-11-7-4-8-12-22)27(35-2)17-24(26)30-28(32)19-36-23-15-13-21(14-16-23)20-9-5-3-6-10-20/h3-18H,19H2,1-2H3,(H,30,32)(H,31,33). The van der Waals surface area contributed by atoms with Gasteiger partial charge in [0.15, 0.2) is 6.61 Å². The third-order valence-electron chi connectivity index (χ3n) is 5.41. The lowest BCUT2D eigenvalue weighted by molar-refractivity contribution is -0.118. The summed E-state index contributed by atoms with van der Waals surface area (Å²) in [6, 6.07) is 29.5. The van der Waals surface area contributed by atoms with Gasteiger partial charge in [-0.1, -0.05) is 60.7 Å². The number of hydrogen-bond donors (Lipinski definition) is 2. The van der Waals surface area contributed by atoms with Crippen molar-refractivity contribution in [2.24, 2.45) is 0 Å².